The number of Topliss-reactive ketones (excluding diaryl/α,β-unsaturated/α-hetero) is 1. The van der Waals surface area contributed by atoms with Crippen molar-refractivity contribution >= 4 is 40.4 Å². The SMILES string of the molecule is COc1ccc(C(=O)O)c(C2=C(c3c(C)cc(-c4ncc(Cl)cn4)cc3C)C(=O)C(CC(=O)NC(C)(C)C)C2)c1. The molecule has 9 heteroatoms. The fourth-order valence-corrected chi connectivity index (χ4v) is 5.30. The lowest BCUT2D eigenvalue weighted by atomic mass is 9.87. The number of aromatic carboxylic acids is 1. The van der Waals surface area contributed by atoms with Crippen LogP contribution in [0.2, 0.25) is 5.02 Å². The van der Waals surface area contributed by atoms with E-state index in [4.69, 9.17) is 16.3 Å². The second-order valence-electron chi connectivity index (χ2n) is 11.0. The molecule has 3 aromatic rings. The molecule has 8 nitrogen and oxygen atoms in total. The molecule has 0 spiro atoms. The van der Waals surface area contributed by atoms with Crippen molar-refractivity contribution in [3.05, 3.63) is 75.6 Å². The van der Waals surface area contributed by atoms with E-state index in [0.717, 1.165) is 16.7 Å². The standard InChI is InChI=1S/C31H32ClN3O5/c1-16-9-19(29-33-14-20(32)15-34-29)10-17(2)26(16)27-24(23-13-21(40-6)7-8-22(23)30(38)39)11-18(28(27)37)12-25(36)35-31(3,4)5/h7-10,13-15,18H,11-12H2,1-6H3,(H,35,36)(H,38,39). The van der Waals surface area contributed by atoms with Crippen LogP contribution in [0.1, 0.15) is 66.2 Å². The van der Waals surface area contributed by atoms with Gasteiger partial charge >= 0.3 is 5.97 Å². The first-order chi connectivity index (χ1) is 18.8. The fourth-order valence-electron chi connectivity index (χ4n) is 5.21. The van der Waals surface area contributed by atoms with Crippen LogP contribution in [0.3, 0.4) is 0 Å². The summed E-state index contributed by atoms with van der Waals surface area (Å²) in [6.45, 7) is 9.42. The average molecular weight is 562 g/mol. The van der Waals surface area contributed by atoms with Gasteiger partial charge in [-0.1, -0.05) is 11.6 Å². The number of carboxylic acid groups (broad SMARTS) is 1. The zero-order chi connectivity index (χ0) is 29.4. The van der Waals surface area contributed by atoms with Crippen LogP contribution < -0.4 is 10.1 Å². The van der Waals surface area contributed by atoms with E-state index in [1.54, 1.807) is 12.1 Å². The van der Waals surface area contributed by atoms with Crippen LogP contribution in [0, 0.1) is 19.8 Å². The van der Waals surface area contributed by atoms with Gasteiger partial charge in [-0.2, -0.15) is 0 Å². The lowest BCUT2D eigenvalue weighted by molar-refractivity contribution is -0.127. The average Bonchev–Trinajstić information content (AvgIpc) is 3.17. The Morgan fingerprint density at radius 2 is 1.73 bits per heavy atom. The Balaban J connectivity index is 1.89. The zero-order valence-corrected chi connectivity index (χ0v) is 24.1. The first-order valence-electron chi connectivity index (χ1n) is 12.9. The van der Waals surface area contributed by atoms with Crippen molar-refractivity contribution < 1.29 is 24.2 Å². The van der Waals surface area contributed by atoms with Gasteiger partial charge in [-0.05, 0) is 99.2 Å². The van der Waals surface area contributed by atoms with Crippen LogP contribution in [-0.2, 0) is 9.59 Å². The Morgan fingerprint density at radius 1 is 1.10 bits per heavy atom. The Labute approximate surface area is 238 Å². The molecule has 1 aliphatic carbocycles. The molecule has 2 N–H and O–H groups in total. The number of benzene rings is 2. The highest BCUT2D eigenvalue weighted by Gasteiger charge is 2.38. The van der Waals surface area contributed by atoms with Crippen molar-refractivity contribution in [3.63, 3.8) is 0 Å². The maximum absolute atomic E-state index is 14.1. The van der Waals surface area contributed by atoms with E-state index in [-0.39, 0.29) is 30.1 Å². The monoisotopic (exact) mass is 561 g/mol. The number of methoxy groups -OCH3 is 1. The van der Waals surface area contributed by atoms with E-state index in [1.807, 2.05) is 46.8 Å². The molecular formula is C31H32ClN3O5. The van der Waals surface area contributed by atoms with Crippen molar-refractivity contribution in [2.24, 2.45) is 5.92 Å². The second-order valence-corrected chi connectivity index (χ2v) is 11.5. The van der Waals surface area contributed by atoms with E-state index >= 15 is 0 Å². The number of nitrogens with one attached hydrogen (secondary N) is 1. The number of aryl methyl sites for hydroxylation is 2. The molecule has 208 valence electrons. The van der Waals surface area contributed by atoms with Gasteiger partial charge in [0.15, 0.2) is 11.6 Å². The summed E-state index contributed by atoms with van der Waals surface area (Å²) < 4.78 is 5.40. The van der Waals surface area contributed by atoms with Crippen LogP contribution in [0.25, 0.3) is 22.5 Å². The lowest BCUT2D eigenvalue weighted by Crippen LogP contribution is -2.41. The van der Waals surface area contributed by atoms with Crippen LogP contribution in [0.4, 0.5) is 0 Å². The van der Waals surface area contributed by atoms with Gasteiger partial charge < -0.3 is 15.2 Å². The van der Waals surface area contributed by atoms with Gasteiger partial charge in [-0.3, -0.25) is 9.59 Å². The minimum Gasteiger partial charge on any atom is -0.497 e. The van der Waals surface area contributed by atoms with Gasteiger partial charge in [0.2, 0.25) is 5.91 Å². The molecule has 0 bridgehead atoms. The number of amides is 1. The molecule has 4 rings (SSSR count). The van der Waals surface area contributed by atoms with E-state index in [1.165, 1.54) is 25.6 Å². The number of halogens is 1. The molecule has 1 unspecified atom stereocenters. The highest BCUT2D eigenvalue weighted by Crippen LogP contribution is 2.46. The Morgan fingerprint density at radius 3 is 2.27 bits per heavy atom. The number of hydrogen-bond donors (Lipinski definition) is 2. The van der Waals surface area contributed by atoms with Crippen molar-refractivity contribution in [3.8, 4) is 17.1 Å². The molecule has 0 radical (unpaired) electrons. The number of ether oxygens (including phenoxy) is 1. The van der Waals surface area contributed by atoms with Gasteiger partial charge in [-0.15, -0.1) is 0 Å². The third-order valence-corrected chi connectivity index (χ3v) is 6.95. The van der Waals surface area contributed by atoms with Crippen molar-refractivity contribution in [1.29, 1.82) is 0 Å². The van der Waals surface area contributed by atoms with Crippen molar-refractivity contribution in [2.75, 3.05) is 7.11 Å². The summed E-state index contributed by atoms with van der Waals surface area (Å²) in [5.74, 6) is -1.23. The van der Waals surface area contributed by atoms with Gasteiger partial charge in [-0.25, -0.2) is 14.8 Å². The highest BCUT2D eigenvalue weighted by molar-refractivity contribution is 6.33. The number of aromatic nitrogens is 2. The predicted molar refractivity (Wildman–Crippen MR) is 154 cm³/mol. The maximum atomic E-state index is 14.1. The summed E-state index contributed by atoms with van der Waals surface area (Å²) >= 11 is 5.96. The van der Waals surface area contributed by atoms with Crippen molar-refractivity contribution in [2.45, 2.75) is 53.0 Å². The third-order valence-electron chi connectivity index (χ3n) is 6.76. The Bertz CT molecular complexity index is 1510. The normalized spacial score (nSPS) is 15.4. The van der Waals surface area contributed by atoms with Gasteiger partial charge in [0.1, 0.15) is 5.75 Å². The van der Waals surface area contributed by atoms with E-state index < -0.39 is 17.4 Å². The molecule has 0 saturated heterocycles. The molecule has 0 aliphatic heterocycles. The molecule has 2 aromatic carbocycles. The lowest BCUT2D eigenvalue weighted by Gasteiger charge is -2.21. The molecular weight excluding hydrogens is 530 g/mol. The number of ketones is 1. The number of carboxylic acids is 1. The molecule has 1 atom stereocenters. The number of allylic oxidation sites excluding steroid dienone is 2. The van der Waals surface area contributed by atoms with Crippen LogP contribution >= 0.6 is 11.6 Å². The summed E-state index contributed by atoms with van der Waals surface area (Å²) in [6, 6.07) is 8.49. The Kier molecular flexibility index (Phi) is 8.12. The summed E-state index contributed by atoms with van der Waals surface area (Å²) in [7, 11) is 1.50. The number of carbonyl (C=O) groups excluding carboxylic acids is 2. The van der Waals surface area contributed by atoms with E-state index in [9.17, 15) is 19.5 Å². The quantitative estimate of drug-likeness (QED) is 0.367. The first kappa shape index (κ1) is 29.0. The van der Waals surface area contributed by atoms with Crippen LogP contribution in [0.15, 0.2) is 42.7 Å². The second kappa shape index (κ2) is 11.2. The molecule has 1 aromatic heterocycles. The molecule has 1 aliphatic rings. The van der Waals surface area contributed by atoms with Crippen LogP contribution in [0.5, 0.6) is 5.75 Å². The summed E-state index contributed by atoms with van der Waals surface area (Å²) in [5, 5.41) is 13.4. The number of carbonyl (C=O) groups is 3. The minimum absolute atomic E-state index is 0.00965. The summed E-state index contributed by atoms with van der Waals surface area (Å²) in [4.78, 5) is 47.8. The number of hydrogen-bond acceptors (Lipinski definition) is 6. The molecule has 1 amide bonds. The Hall–Kier alpha value is -4.04. The van der Waals surface area contributed by atoms with Gasteiger partial charge in [0.25, 0.3) is 0 Å². The molecule has 0 fully saturated rings. The van der Waals surface area contributed by atoms with Crippen molar-refractivity contribution in [1.82, 2.24) is 15.3 Å². The molecule has 40 heavy (non-hydrogen) atoms. The topological polar surface area (TPSA) is 118 Å². The van der Waals surface area contributed by atoms with Gasteiger partial charge in [0, 0.05) is 41.4 Å². The minimum atomic E-state index is -1.12. The smallest absolute Gasteiger partial charge is 0.336 e. The third kappa shape index (κ3) is 6.07. The number of rotatable bonds is 7. The van der Waals surface area contributed by atoms with E-state index in [2.05, 4.69) is 15.3 Å². The fraction of sp³-hybridized carbons (Fsp3) is 0.323. The van der Waals surface area contributed by atoms with Gasteiger partial charge in [0.05, 0.1) is 17.7 Å². The van der Waals surface area contributed by atoms with E-state index in [0.29, 0.717) is 38.9 Å². The summed E-state index contributed by atoms with van der Waals surface area (Å²) in [6.07, 6.45) is 3.25. The molecule has 0 saturated carbocycles. The molecule has 1 heterocycles. The van der Waals surface area contributed by atoms with Crippen LogP contribution in [-0.4, -0.2) is 45.4 Å². The first-order valence-corrected chi connectivity index (χ1v) is 13.3. The summed E-state index contributed by atoms with van der Waals surface area (Å²) in [5.41, 5.74) is 4.07. The number of nitrogens with zero attached hydrogens (tertiary/aromatic N) is 2. The highest BCUT2D eigenvalue weighted by atomic mass is 35.5. The maximum Gasteiger partial charge on any atom is 0.336 e. The zero-order valence-electron chi connectivity index (χ0n) is 23.4. The largest absolute Gasteiger partial charge is 0.497 e. The predicted octanol–water partition coefficient (Wildman–Crippen LogP) is 5.93.